The van der Waals surface area contributed by atoms with Crippen LogP contribution in [0.1, 0.15) is 174 Å². The fourth-order valence-corrected chi connectivity index (χ4v) is 11.3. The van der Waals surface area contributed by atoms with E-state index in [0.29, 0.717) is 6.42 Å². The molecule has 456 valence electrons. The van der Waals surface area contributed by atoms with Gasteiger partial charge in [-0.3, -0.25) is 28.0 Å². The summed E-state index contributed by atoms with van der Waals surface area (Å²) in [6, 6.07) is -0.0752. The van der Waals surface area contributed by atoms with Crippen molar-refractivity contribution in [3.8, 4) is 0 Å². The zero-order valence-corrected chi connectivity index (χ0v) is 49.4. The Kier molecular flexibility index (Phi) is 38.8. The Hall–Kier alpha value is -3.80. The maximum Gasteiger partial charge on any atom is 0.481 e. The van der Waals surface area contributed by atoms with Gasteiger partial charge >= 0.3 is 39.2 Å². The summed E-state index contributed by atoms with van der Waals surface area (Å²) in [7, 11) is -11.1. The van der Waals surface area contributed by atoms with Gasteiger partial charge in [0.25, 0.3) is 0 Å². The number of carbonyl (C=O) groups excluding carboxylic acids is 2. The second kappa shape index (κ2) is 42.9. The van der Waals surface area contributed by atoms with Crippen molar-refractivity contribution >= 4 is 51.1 Å². The number of allylic oxidation sites excluding steroid dienone is 9. The van der Waals surface area contributed by atoms with E-state index in [1.54, 1.807) is 18.2 Å². The number of phosphoric acid groups is 2. The van der Waals surface area contributed by atoms with E-state index >= 15 is 0 Å². The molecule has 22 nitrogen and oxygen atoms in total. The maximum absolute atomic E-state index is 13.2. The number of aromatic nitrogens is 2. The lowest BCUT2D eigenvalue weighted by Crippen LogP contribution is -2.38. The van der Waals surface area contributed by atoms with Gasteiger partial charge in [0.05, 0.1) is 19.3 Å². The van der Waals surface area contributed by atoms with E-state index in [0.717, 1.165) is 93.2 Å². The van der Waals surface area contributed by atoms with Crippen LogP contribution < -0.4 is 17.2 Å². The van der Waals surface area contributed by atoms with Crippen LogP contribution in [0.25, 0.3) is 0 Å². The molecule has 10 atom stereocenters. The van der Waals surface area contributed by atoms with Crippen molar-refractivity contribution in [3.05, 3.63) is 83.5 Å². The van der Waals surface area contributed by atoms with Crippen LogP contribution in [-0.4, -0.2) is 125 Å². The SMILES string of the molecule is CCCCC/C=C\C\C=C/C=C/C=C/[C@@H](SC[C@H](N)C(=O)OC[C@H](COP(=O)(O)OP(=O)(O)OC[C@H]1O[C@@H](n2ccc(N)nc2=O)[C@H](O)[C@@H]1O)OC(=O)CCCCCCCCC/C=C\CCCCCCCC)[C@@H](O)CCCC(=O)O. The Morgan fingerprint density at radius 2 is 1.36 bits per heavy atom. The number of nitrogen functional groups attached to an aromatic ring is 1. The minimum absolute atomic E-state index is 0.0587. The predicted octanol–water partition coefficient (Wildman–Crippen LogP) is 9.21. The molecule has 0 saturated carbocycles. The first-order chi connectivity index (χ1) is 38.3. The molecule has 0 aromatic carbocycles. The normalized spacial score (nSPS) is 19.9. The summed E-state index contributed by atoms with van der Waals surface area (Å²) >= 11 is 1.12. The van der Waals surface area contributed by atoms with Crippen LogP contribution in [-0.2, 0) is 51.1 Å². The summed E-state index contributed by atoms with van der Waals surface area (Å²) in [6.45, 7) is 1.64. The summed E-state index contributed by atoms with van der Waals surface area (Å²) in [5.74, 6) is -2.96. The number of aliphatic hydroxyl groups is 3. The lowest BCUT2D eigenvalue weighted by atomic mass is 10.1. The van der Waals surface area contributed by atoms with Crippen molar-refractivity contribution in [3.63, 3.8) is 0 Å². The topological polar surface area (TPSA) is 349 Å². The number of carboxylic acid groups (broad SMARTS) is 1. The number of ether oxygens (including phenoxy) is 3. The minimum atomic E-state index is -5.56. The number of aliphatic carboxylic acids is 1. The number of thioether (sulfide) groups is 1. The van der Waals surface area contributed by atoms with Gasteiger partial charge in [0.15, 0.2) is 12.3 Å². The third kappa shape index (κ3) is 34.0. The highest BCUT2D eigenvalue weighted by Gasteiger charge is 2.46. The zero-order chi connectivity index (χ0) is 59.0. The van der Waals surface area contributed by atoms with Crippen LogP contribution in [0.3, 0.4) is 0 Å². The zero-order valence-electron chi connectivity index (χ0n) is 46.8. The fraction of sp³-hybridized carbons (Fsp3) is 0.691. The standard InChI is InChI=1S/C55H92N4O18P2S/c1-3-5-7-9-11-13-15-17-18-19-20-21-23-25-27-29-31-36-50(63)75-43(40-73-78(68,69)77-79(70,71)74-41-46-51(64)52(65)53(76-46)59-38-37-48(57)58-55(59)67)39-72-54(66)44(56)42-80-47(45(60)33-32-35-49(61)62)34-30-28-26-24-22-16-14-12-10-8-6-4-2/h12,14,17-18,22,24,26,28,30,34,37-38,43-47,51-53,60,64-65H,3-11,13,15-16,19-21,23,25,27,29,31-33,35-36,39-42,56H2,1-2H3,(H,61,62)(H,68,69)(H,70,71)(H2,57,58,67)/b14-12-,18-17-,24-22-,28-26+,34-30+/t43-,44+,45+,46-,47-,51-,52-,53-/m1/s1. The first kappa shape index (κ1) is 72.3. The summed E-state index contributed by atoms with van der Waals surface area (Å²) in [6.07, 6.45) is 33.3. The molecule has 2 rings (SSSR count). The monoisotopic (exact) mass is 1190 g/mol. The summed E-state index contributed by atoms with van der Waals surface area (Å²) in [5, 5.41) is 40.5. The van der Waals surface area contributed by atoms with Crippen molar-refractivity contribution in [2.45, 2.75) is 216 Å². The van der Waals surface area contributed by atoms with E-state index < -0.39 is 107 Å². The van der Waals surface area contributed by atoms with Crippen LogP contribution in [0, 0.1) is 0 Å². The average molecular weight is 1190 g/mol. The maximum atomic E-state index is 13.2. The van der Waals surface area contributed by atoms with Gasteiger partial charge in [0, 0.05) is 30.0 Å². The van der Waals surface area contributed by atoms with E-state index in [2.05, 4.69) is 47.4 Å². The highest BCUT2D eigenvalue weighted by atomic mass is 32.2. The van der Waals surface area contributed by atoms with Crippen molar-refractivity contribution in [1.82, 2.24) is 9.55 Å². The number of anilines is 1. The van der Waals surface area contributed by atoms with E-state index in [-0.39, 0.29) is 37.3 Å². The first-order valence-corrected chi connectivity index (χ1v) is 32.3. The second-order valence-electron chi connectivity index (χ2n) is 19.6. The van der Waals surface area contributed by atoms with Gasteiger partial charge in [-0.15, -0.1) is 11.8 Å². The molecule has 1 aromatic heterocycles. The molecule has 0 amide bonds. The molecular weight excluding hydrogens is 1100 g/mol. The number of esters is 2. The van der Waals surface area contributed by atoms with Crippen molar-refractivity contribution < 1.29 is 81.3 Å². The van der Waals surface area contributed by atoms with E-state index in [1.807, 2.05) is 18.2 Å². The number of nitrogens with zero attached hydrogens (tertiary/aromatic N) is 2. The molecule has 0 bridgehead atoms. The summed E-state index contributed by atoms with van der Waals surface area (Å²) in [5.41, 5.74) is 10.8. The van der Waals surface area contributed by atoms with Crippen molar-refractivity contribution in [2.75, 3.05) is 31.3 Å². The quantitative estimate of drug-likeness (QED) is 0.00990. The molecule has 2 heterocycles. The highest BCUT2D eigenvalue weighted by molar-refractivity contribution is 8.00. The van der Waals surface area contributed by atoms with Crippen LogP contribution in [0.15, 0.2) is 77.8 Å². The summed E-state index contributed by atoms with van der Waals surface area (Å²) < 4.78 is 57.1. The smallest absolute Gasteiger partial charge is 0.481 e. The Morgan fingerprint density at radius 1 is 0.775 bits per heavy atom. The number of nitrogens with two attached hydrogens (primary N) is 2. The molecule has 2 unspecified atom stereocenters. The van der Waals surface area contributed by atoms with Gasteiger partial charge in [0.2, 0.25) is 0 Å². The van der Waals surface area contributed by atoms with Gasteiger partial charge in [-0.1, -0.05) is 152 Å². The Labute approximate surface area is 476 Å². The molecule has 10 N–H and O–H groups in total. The number of hydrogen-bond acceptors (Lipinski definition) is 19. The predicted molar refractivity (Wildman–Crippen MR) is 308 cm³/mol. The third-order valence-electron chi connectivity index (χ3n) is 12.6. The van der Waals surface area contributed by atoms with Crippen LogP contribution >= 0.6 is 27.4 Å². The molecule has 0 radical (unpaired) electrons. The number of hydrogen-bond donors (Lipinski definition) is 8. The van der Waals surface area contributed by atoms with Crippen LogP contribution in [0.5, 0.6) is 0 Å². The molecule has 1 aliphatic rings. The summed E-state index contributed by atoms with van der Waals surface area (Å²) in [4.78, 5) is 74.1. The lowest BCUT2D eigenvalue weighted by Gasteiger charge is -2.23. The number of phosphoric ester groups is 2. The van der Waals surface area contributed by atoms with Crippen molar-refractivity contribution in [2.24, 2.45) is 5.73 Å². The molecule has 25 heteroatoms. The van der Waals surface area contributed by atoms with E-state index in [9.17, 15) is 53.4 Å². The fourth-order valence-electron chi connectivity index (χ4n) is 8.04. The largest absolute Gasteiger partial charge is 0.481 e. The molecule has 80 heavy (non-hydrogen) atoms. The number of rotatable bonds is 47. The minimum Gasteiger partial charge on any atom is -0.481 e. The average Bonchev–Trinajstić information content (AvgIpc) is 3.82. The molecule has 1 aliphatic heterocycles. The highest BCUT2D eigenvalue weighted by Crippen LogP contribution is 2.60. The molecule has 1 saturated heterocycles. The van der Waals surface area contributed by atoms with E-state index in [4.69, 9.17) is 39.8 Å². The Morgan fingerprint density at radius 3 is 2.01 bits per heavy atom. The van der Waals surface area contributed by atoms with Crippen molar-refractivity contribution in [1.29, 1.82) is 0 Å². The molecular formula is C55H92N4O18P2S. The first-order valence-electron chi connectivity index (χ1n) is 28.2. The lowest BCUT2D eigenvalue weighted by molar-refractivity contribution is -0.161. The number of carbonyl (C=O) groups is 3. The Bertz CT molecular complexity index is 2210. The second-order valence-corrected chi connectivity index (χ2v) is 23.9. The number of aliphatic hydroxyl groups excluding tert-OH is 3. The van der Waals surface area contributed by atoms with Crippen LogP contribution in [0.4, 0.5) is 5.82 Å². The van der Waals surface area contributed by atoms with Gasteiger partial charge in [-0.05, 0) is 70.3 Å². The van der Waals surface area contributed by atoms with E-state index in [1.165, 1.54) is 57.4 Å². The van der Waals surface area contributed by atoms with Gasteiger partial charge in [-0.25, -0.2) is 13.9 Å². The van der Waals surface area contributed by atoms with Gasteiger partial charge < -0.3 is 55.9 Å². The van der Waals surface area contributed by atoms with Crippen LogP contribution in [0.2, 0.25) is 0 Å². The third-order valence-corrected chi connectivity index (χ3v) is 16.6. The number of carboxylic acids is 1. The van der Waals surface area contributed by atoms with Gasteiger partial charge in [0.1, 0.15) is 36.8 Å². The van der Waals surface area contributed by atoms with Gasteiger partial charge in [-0.2, -0.15) is 9.29 Å². The molecule has 0 aliphatic carbocycles. The molecule has 1 aromatic rings. The Balaban J connectivity index is 2.03. The molecule has 1 fully saturated rings. The molecule has 0 spiro atoms. The number of unbranched alkanes of at least 4 members (excludes halogenated alkanes) is 16.